The fourth-order valence-corrected chi connectivity index (χ4v) is 4.40. The number of fused-ring (bicyclic) bond motifs is 1. The summed E-state index contributed by atoms with van der Waals surface area (Å²) in [5.74, 6) is -0.108. The standard InChI is InChI=1S/C28H34N4O4/c1-18(2)12-13-32(35)28(34)24-15-29-16-26(24)31-27(33)20-8-10-22(11-9-20)36-17-21-14-19(3)30-25-7-5-4-6-23(21)25/h4-11,14,18,24,26,29,35H,12-13,15-17H2,1-3H3,(H,31,33)/t24-,26+/m0/s1. The lowest BCUT2D eigenvalue weighted by atomic mass is 10.0. The van der Waals surface area contributed by atoms with Gasteiger partial charge in [0.1, 0.15) is 12.4 Å². The highest BCUT2D eigenvalue weighted by Gasteiger charge is 2.36. The number of carbonyl (C=O) groups excluding carboxylic acids is 2. The van der Waals surface area contributed by atoms with Crippen LogP contribution in [0, 0.1) is 18.8 Å². The molecule has 0 saturated carbocycles. The number of nitrogens with one attached hydrogen (secondary N) is 2. The Kier molecular flexibility index (Phi) is 8.18. The van der Waals surface area contributed by atoms with Gasteiger partial charge >= 0.3 is 0 Å². The van der Waals surface area contributed by atoms with Crippen LogP contribution in [0.3, 0.4) is 0 Å². The van der Waals surface area contributed by atoms with Crippen molar-refractivity contribution >= 4 is 22.7 Å². The minimum atomic E-state index is -0.507. The van der Waals surface area contributed by atoms with Crippen molar-refractivity contribution in [3.63, 3.8) is 0 Å². The Bertz CT molecular complexity index is 1210. The normalized spacial score (nSPS) is 17.4. The lowest BCUT2D eigenvalue weighted by Gasteiger charge is -2.24. The summed E-state index contributed by atoms with van der Waals surface area (Å²) in [5, 5.41) is 18.1. The van der Waals surface area contributed by atoms with Crippen molar-refractivity contribution in [2.45, 2.75) is 39.8 Å². The molecule has 0 aliphatic carbocycles. The third-order valence-electron chi connectivity index (χ3n) is 6.46. The predicted octanol–water partition coefficient (Wildman–Crippen LogP) is 3.70. The van der Waals surface area contributed by atoms with Crippen LogP contribution < -0.4 is 15.4 Å². The highest BCUT2D eigenvalue weighted by molar-refractivity contribution is 5.95. The summed E-state index contributed by atoms with van der Waals surface area (Å²) >= 11 is 0. The summed E-state index contributed by atoms with van der Waals surface area (Å²) in [6.07, 6.45) is 0.713. The summed E-state index contributed by atoms with van der Waals surface area (Å²) < 4.78 is 5.99. The van der Waals surface area contributed by atoms with Crippen LogP contribution in [0.15, 0.2) is 54.6 Å². The quantitative estimate of drug-likeness (QED) is 0.312. The molecule has 2 heterocycles. The Morgan fingerprint density at radius 1 is 1.17 bits per heavy atom. The zero-order valence-electron chi connectivity index (χ0n) is 21.0. The molecule has 2 aromatic carbocycles. The Hall–Kier alpha value is -3.49. The molecule has 0 radical (unpaired) electrons. The summed E-state index contributed by atoms with van der Waals surface area (Å²) in [6, 6.07) is 16.6. The average Bonchev–Trinajstić information content (AvgIpc) is 3.33. The lowest BCUT2D eigenvalue weighted by molar-refractivity contribution is -0.170. The Labute approximate surface area is 211 Å². The molecule has 1 aliphatic rings. The largest absolute Gasteiger partial charge is 0.489 e. The van der Waals surface area contributed by atoms with Crippen LogP contribution in [0.25, 0.3) is 10.9 Å². The van der Waals surface area contributed by atoms with Crippen LogP contribution in [-0.4, -0.2) is 52.7 Å². The monoisotopic (exact) mass is 490 g/mol. The predicted molar refractivity (Wildman–Crippen MR) is 138 cm³/mol. The van der Waals surface area contributed by atoms with Gasteiger partial charge in [-0.1, -0.05) is 32.0 Å². The number of pyridine rings is 1. The smallest absolute Gasteiger partial charge is 0.252 e. The second-order valence-corrected chi connectivity index (χ2v) is 9.74. The summed E-state index contributed by atoms with van der Waals surface area (Å²) in [4.78, 5) is 30.1. The van der Waals surface area contributed by atoms with E-state index in [1.165, 1.54) is 0 Å². The molecule has 1 fully saturated rings. The number of nitrogens with zero attached hydrogens (tertiary/aromatic N) is 2. The second kappa shape index (κ2) is 11.5. The van der Waals surface area contributed by atoms with Gasteiger partial charge in [-0.25, -0.2) is 5.06 Å². The maximum Gasteiger partial charge on any atom is 0.252 e. The van der Waals surface area contributed by atoms with Gasteiger partial charge in [0.25, 0.3) is 11.8 Å². The van der Waals surface area contributed by atoms with Gasteiger partial charge in [-0.05, 0) is 55.7 Å². The molecule has 2 atom stereocenters. The molecule has 1 aromatic heterocycles. The van der Waals surface area contributed by atoms with Crippen LogP contribution in [0.1, 0.15) is 41.9 Å². The number of ether oxygens (including phenoxy) is 1. The number of rotatable bonds is 9. The van der Waals surface area contributed by atoms with E-state index in [1.54, 1.807) is 24.3 Å². The first-order chi connectivity index (χ1) is 17.3. The SMILES string of the molecule is Cc1cc(COc2ccc(C(=O)N[C@@H]3CNC[C@@H]3C(=O)N(O)CCC(C)C)cc2)c2ccccc2n1. The van der Waals surface area contributed by atoms with Gasteiger partial charge in [0.2, 0.25) is 0 Å². The number of aryl methyl sites for hydroxylation is 1. The first-order valence-corrected chi connectivity index (χ1v) is 12.4. The van der Waals surface area contributed by atoms with Crippen molar-refractivity contribution in [2.24, 2.45) is 11.8 Å². The molecule has 2 amide bonds. The van der Waals surface area contributed by atoms with Crippen molar-refractivity contribution in [1.29, 1.82) is 0 Å². The van der Waals surface area contributed by atoms with Crippen molar-refractivity contribution in [3.05, 3.63) is 71.4 Å². The van der Waals surface area contributed by atoms with Crippen LogP contribution >= 0.6 is 0 Å². The topological polar surface area (TPSA) is 104 Å². The van der Waals surface area contributed by atoms with Gasteiger partial charge in [-0.3, -0.25) is 19.8 Å². The summed E-state index contributed by atoms with van der Waals surface area (Å²) in [5.41, 5.74) is 3.40. The molecule has 3 N–H and O–H groups in total. The number of carbonyl (C=O) groups is 2. The highest BCUT2D eigenvalue weighted by Crippen LogP contribution is 2.21. The van der Waals surface area contributed by atoms with E-state index in [1.807, 2.05) is 51.1 Å². The number of para-hydroxylation sites is 1. The van der Waals surface area contributed by atoms with Gasteiger partial charge in [0.05, 0.1) is 17.5 Å². The Balaban J connectivity index is 1.35. The van der Waals surface area contributed by atoms with E-state index < -0.39 is 12.0 Å². The van der Waals surface area contributed by atoms with Crippen molar-refractivity contribution in [2.75, 3.05) is 19.6 Å². The van der Waals surface area contributed by atoms with Crippen LogP contribution in [-0.2, 0) is 11.4 Å². The van der Waals surface area contributed by atoms with Crippen molar-refractivity contribution in [1.82, 2.24) is 20.7 Å². The molecule has 4 rings (SSSR count). The zero-order valence-corrected chi connectivity index (χ0v) is 21.0. The maximum absolute atomic E-state index is 12.9. The molecule has 190 valence electrons. The third-order valence-corrected chi connectivity index (χ3v) is 6.46. The zero-order chi connectivity index (χ0) is 25.7. The minimum Gasteiger partial charge on any atom is -0.489 e. The number of hydrogen-bond acceptors (Lipinski definition) is 6. The summed E-state index contributed by atoms with van der Waals surface area (Å²) in [6.45, 7) is 7.60. The Morgan fingerprint density at radius 3 is 2.67 bits per heavy atom. The minimum absolute atomic E-state index is 0.268. The van der Waals surface area contributed by atoms with Crippen LogP contribution in [0.4, 0.5) is 0 Å². The molecule has 3 aromatic rings. The number of amides is 2. The number of hydrogen-bond donors (Lipinski definition) is 3. The highest BCUT2D eigenvalue weighted by atomic mass is 16.5. The van der Waals surface area contributed by atoms with Crippen molar-refractivity contribution < 1.29 is 19.5 Å². The van der Waals surface area contributed by atoms with E-state index in [4.69, 9.17) is 4.74 Å². The molecule has 1 aliphatic heterocycles. The molecule has 8 heteroatoms. The fourth-order valence-electron chi connectivity index (χ4n) is 4.40. The number of hydroxylamine groups is 2. The molecule has 8 nitrogen and oxygen atoms in total. The van der Waals surface area contributed by atoms with Gasteiger partial charge < -0.3 is 15.4 Å². The van der Waals surface area contributed by atoms with E-state index >= 15 is 0 Å². The molecule has 0 unspecified atom stereocenters. The number of benzene rings is 2. The second-order valence-electron chi connectivity index (χ2n) is 9.74. The van der Waals surface area contributed by atoms with Crippen LogP contribution in [0.5, 0.6) is 5.75 Å². The molecule has 1 saturated heterocycles. The molecule has 0 bridgehead atoms. The van der Waals surface area contributed by atoms with Gasteiger partial charge in [0, 0.05) is 41.8 Å². The van der Waals surface area contributed by atoms with Gasteiger partial charge in [0.15, 0.2) is 0 Å². The lowest BCUT2D eigenvalue weighted by Crippen LogP contribution is -2.47. The van der Waals surface area contributed by atoms with E-state index in [0.717, 1.165) is 27.2 Å². The molecular weight excluding hydrogens is 456 g/mol. The molecular formula is C28H34N4O4. The molecule has 0 spiro atoms. The number of aromatic nitrogens is 1. The fraction of sp³-hybridized carbons (Fsp3) is 0.393. The first kappa shape index (κ1) is 25.6. The van der Waals surface area contributed by atoms with Gasteiger partial charge in [-0.15, -0.1) is 0 Å². The Morgan fingerprint density at radius 2 is 1.92 bits per heavy atom. The van der Waals surface area contributed by atoms with E-state index in [9.17, 15) is 14.8 Å². The van der Waals surface area contributed by atoms with E-state index in [2.05, 4.69) is 15.6 Å². The van der Waals surface area contributed by atoms with Crippen molar-refractivity contribution in [3.8, 4) is 5.75 Å². The summed E-state index contributed by atoms with van der Waals surface area (Å²) in [7, 11) is 0. The van der Waals surface area contributed by atoms with Gasteiger partial charge in [-0.2, -0.15) is 0 Å². The average molecular weight is 491 g/mol. The third kappa shape index (κ3) is 6.19. The molecule has 36 heavy (non-hydrogen) atoms. The maximum atomic E-state index is 12.9. The van der Waals surface area contributed by atoms with Crippen LogP contribution in [0.2, 0.25) is 0 Å². The van der Waals surface area contributed by atoms with E-state index in [0.29, 0.717) is 43.3 Å². The van der Waals surface area contributed by atoms with E-state index in [-0.39, 0.29) is 18.4 Å². The first-order valence-electron chi connectivity index (χ1n) is 12.4.